The summed E-state index contributed by atoms with van der Waals surface area (Å²) in [7, 11) is 0. The van der Waals surface area contributed by atoms with Crippen LogP contribution in [-0.2, 0) is 0 Å². The van der Waals surface area contributed by atoms with Gasteiger partial charge in [0.15, 0.2) is 5.65 Å². The molecule has 0 amide bonds. The molecule has 7 heteroatoms. The standard InChI is InChI=1S/C24H28N6O/c1-4-31-20-12-10-18(11-13-20)27-22-21-16-26-30(19-8-6-5-7-9-19)23(21)29-24(28-22)25-15-14-17(2)3/h5-13,16-17H,4,14-15H2,1-3H3,(H2,25,27,28,29). The van der Waals surface area contributed by atoms with E-state index in [0.717, 1.165) is 41.1 Å². The maximum Gasteiger partial charge on any atom is 0.226 e. The molecule has 2 aromatic heterocycles. The third kappa shape index (κ3) is 4.94. The van der Waals surface area contributed by atoms with E-state index in [1.807, 2.05) is 66.2 Å². The highest BCUT2D eigenvalue weighted by atomic mass is 16.5. The van der Waals surface area contributed by atoms with Crippen molar-refractivity contribution in [3.05, 3.63) is 60.8 Å². The van der Waals surface area contributed by atoms with Crippen molar-refractivity contribution in [1.29, 1.82) is 0 Å². The van der Waals surface area contributed by atoms with Gasteiger partial charge in [0, 0.05) is 12.2 Å². The first-order valence-electron chi connectivity index (χ1n) is 10.7. The molecule has 160 valence electrons. The zero-order chi connectivity index (χ0) is 21.6. The van der Waals surface area contributed by atoms with Gasteiger partial charge in [-0.2, -0.15) is 15.1 Å². The minimum atomic E-state index is 0.583. The number of hydrogen-bond acceptors (Lipinski definition) is 6. The molecular weight excluding hydrogens is 388 g/mol. The Hall–Kier alpha value is -3.61. The Labute approximate surface area is 182 Å². The van der Waals surface area contributed by atoms with Crippen LogP contribution in [0.2, 0.25) is 0 Å². The molecule has 0 aliphatic heterocycles. The molecule has 0 bridgehead atoms. The lowest BCUT2D eigenvalue weighted by molar-refractivity contribution is 0.340. The van der Waals surface area contributed by atoms with Gasteiger partial charge in [-0.1, -0.05) is 32.0 Å². The first kappa shape index (κ1) is 20.7. The van der Waals surface area contributed by atoms with Crippen LogP contribution in [0.5, 0.6) is 5.75 Å². The Morgan fingerprint density at radius 1 is 1.00 bits per heavy atom. The van der Waals surface area contributed by atoms with Gasteiger partial charge in [-0.15, -0.1) is 0 Å². The highest BCUT2D eigenvalue weighted by Crippen LogP contribution is 2.27. The van der Waals surface area contributed by atoms with Crippen molar-refractivity contribution >= 4 is 28.5 Å². The first-order chi connectivity index (χ1) is 15.1. The predicted molar refractivity (Wildman–Crippen MR) is 125 cm³/mol. The Bertz CT molecular complexity index is 1120. The molecule has 0 unspecified atom stereocenters. The van der Waals surface area contributed by atoms with Crippen molar-refractivity contribution in [2.24, 2.45) is 5.92 Å². The summed E-state index contributed by atoms with van der Waals surface area (Å²) in [5.74, 6) is 2.74. The van der Waals surface area contributed by atoms with Crippen molar-refractivity contribution in [3.8, 4) is 11.4 Å². The van der Waals surface area contributed by atoms with E-state index in [2.05, 4.69) is 29.6 Å². The summed E-state index contributed by atoms with van der Waals surface area (Å²) in [4.78, 5) is 9.51. The predicted octanol–water partition coefficient (Wildman–Crippen LogP) is 5.42. The number of benzene rings is 2. The number of nitrogens with zero attached hydrogens (tertiary/aromatic N) is 4. The van der Waals surface area contributed by atoms with Gasteiger partial charge in [0.25, 0.3) is 0 Å². The molecule has 2 aromatic carbocycles. The molecule has 0 saturated carbocycles. The molecule has 4 aromatic rings. The van der Waals surface area contributed by atoms with E-state index in [1.54, 1.807) is 6.20 Å². The van der Waals surface area contributed by atoms with Crippen LogP contribution >= 0.6 is 0 Å². The number of hydrogen-bond donors (Lipinski definition) is 2. The molecular formula is C24H28N6O. The van der Waals surface area contributed by atoms with E-state index in [4.69, 9.17) is 14.7 Å². The zero-order valence-electron chi connectivity index (χ0n) is 18.2. The molecule has 31 heavy (non-hydrogen) atoms. The minimum Gasteiger partial charge on any atom is -0.494 e. The quantitative estimate of drug-likeness (QED) is 0.380. The van der Waals surface area contributed by atoms with Crippen LogP contribution in [0.3, 0.4) is 0 Å². The number of fused-ring (bicyclic) bond motifs is 1. The lowest BCUT2D eigenvalue weighted by Gasteiger charge is -2.12. The topological polar surface area (TPSA) is 76.9 Å². The third-order valence-electron chi connectivity index (χ3n) is 4.86. The van der Waals surface area contributed by atoms with E-state index in [0.29, 0.717) is 24.3 Å². The summed E-state index contributed by atoms with van der Waals surface area (Å²) in [6, 6.07) is 17.8. The monoisotopic (exact) mass is 416 g/mol. The largest absolute Gasteiger partial charge is 0.494 e. The summed E-state index contributed by atoms with van der Waals surface area (Å²) in [6.45, 7) is 7.83. The lowest BCUT2D eigenvalue weighted by atomic mass is 10.1. The van der Waals surface area contributed by atoms with Crippen molar-refractivity contribution in [1.82, 2.24) is 19.7 Å². The number of aromatic nitrogens is 4. The van der Waals surface area contributed by atoms with Gasteiger partial charge in [0.05, 0.1) is 23.9 Å². The Morgan fingerprint density at radius 2 is 1.77 bits per heavy atom. The Kier molecular flexibility index (Phi) is 6.31. The van der Waals surface area contributed by atoms with Crippen LogP contribution < -0.4 is 15.4 Å². The molecule has 2 heterocycles. The molecule has 0 spiro atoms. The van der Waals surface area contributed by atoms with Gasteiger partial charge in [0.2, 0.25) is 5.95 Å². The second-order valence-corrected chi connectivity index (χ2v) is 7.72. The van der Waals surface area contributed by atoms with Crippen LogP contribution in [0.25, 0.3) is 16.7 Å². The van der Waals surface area contributed by atoms with Crippen molar-refractivity contribution < 1.29 is 4.74 Å². The normalized spacial score (nSPS) is 11.1. The van der Waals surface area contributed by atoms with E-state index < -0.39 is 0 Å². The van der Waals surface area contributed by atoms with E-state index in [-0.39, 0.29) is 0 Å². The highest BCUT2D eigenvalue weighted by Gasteiger charge is 2.14. The zero-order valence-corrected chi connectivity index (χ0v) is 18.2. The van der Waals surface area contributed by atoms with Crippen LogP contribution in [0.4, 0.5) is 17.5 Å². The van der Waals surface area contributed by atoms with Crippen molar-refractivity contribution in [2.75, 3.05) is 23.8 Å². The highest BCUT2D eigenvalue weighted by molar-refractivity contribution is 5.90. The van der Waals surface area contributed by atoms with Crippen LogP contribution in [0.1, 0.15) is 27.2 Å². The van der Waals surface area contributed by atoms with Gasteiger partial charge in [-0.05, 0) is 55.7 Å². The van der Waals surface area contributed by atoms with Gasteiger partial charge in [-0.3, -0.25) is 0 Å². The molecule has 0 aliphatic carbocycles. The molecule has 0 atom stereocenters. The fraction of sp³-hybridized carbons (Fsp3) is 0.292. The summed E-state index contributed by atoms with van der Waals surface area (Å²) in [5.41, 5.74) is 2.63. The molecule has 4 rings (SSSR count). The molecule has 0 radical (unpaired) electrons. The number of para-hydroxylation sites is 1. The maximum absolute atomic E-state index is 5.54. The summed E-state index contributed by atoms with van der Waals surface area (Å²) >= 11 is 0. The molecule has 0 saturated heterocycles. The number of anilines is 3. The van der Waals surface area contributed by atoms with Crippen molar-refractivity contribution in [3.63, 3.8) is 0 Å². The third-order valence-corrected chi connectivity index (χ3v) is 4.86. The lowest BCUT2D eigenvalue weighted by Crippen LogP contribution is -2.10. The fourth-order valence-corrected chi connectivity index (χ4v) is 3.25. The van der Waals surface area contributed by atoms with Gasteiger partial charge < -0.3 is 15.4 Å². The summed E-state index contributed by atoms with van der Waals surface area (Å²) in [5, 5.41) is 12.2. The minimum absolute atomic E-state index is 0.583. The van der Waals surface area contributed by atoms with E-state index in [9.17, 15) is 0 Å². The Balaban J connectivity index is 1.70. The van der Waals surface area contributed by atoms with Crippen LogP contribution in [-0.4, -0.2) is 32.9 Å². The Morgan fingerprint density at radius 3 is 2.48 bits per heavy atom. The molecule has 7 nitrogen and oxygen atoms in total. The van der Waals surface area contributed by atoms with E-state index >= 15 is 0 Å². The van der Waals surface area contributed by atoms with Crippen LogP contribution in [0.15, 0.2) is 60.8 Å². The average Bonchev–Trinajstić information content (AvgIpc) is 3.20. The molecule has 0 aliphatic rings. The second kappa shape index (κ2) is 9.47. The smallest absolute Gasteiger partial charge is 0.226 e. The number of ether oxygens (including phenoxy) is 1. The molecule has 0 fully saturated rings. The average molecular weight is 417 g/mol. The summed E-state index contributed by atoms with van der Waals surface area (Å²) < 4.78 is 7.38. The fourth-order valence-electron chi connectivity index (χ4n) is 3.25. The molecule has 2 N–H and O–H groups in total. The van der Waals surface area contributed by atoms with Crippen molar-refractivity contribution in [2.45, 2.75) is 27.2 Å². The first-order valence-corrected chi connectivity index (χ1v) is 10.7. The van der Waals surface area contributed by atoms with Crippen LogP contribution in [0, 0.1) is 5.92 Å². The number of rotatable bonds is 9. The van der Waals surface area contributed by atoms with Gasteiger partial charge in [0.1, 0.15) is 11.6 Å². The maximum atomic E-state index is 5.54. The SMILES string of the molecule is CCOc1ccc(Nc2nc(NCCC(C)C)nc3c2cnn3-c2ccccc2)cc1. The van der Waals surface area contributed by atoms with E-state index in [1.165, 1.54) is 0 Å². The van der Waals surface area contributed by atoms with Gasteiger partial charge >= 0.3 is 0 Å². The second-order valence-electron chi connectivity index (χ2n) is 7.72. The summed E-state index contributed by atoms with van der Waals surface area (Å²) in [6.07, 6.45) is 2.85. The van der Waals surface area contributed by atoms with Gasteiger partial charge in [-0.25, -0.2) is 4.68 Å². The number of nitrogens with one attached hydrogen (secondary N) is 2.